The van der Waals surface area contributed by atoms with Gasteiger partial charge in [-0.25, -0.2) is 0 Å². The van der Waals surface area contributed by atoms with Crippen LogP contribution in [0.4, 0.5) is 5.00 Å². The number of primary amides is 1. The predicted octanol–water partition coefficient (Wildman–Crippen LogP) is 5.16. The first-order valence-electron chi connectivity index (χ1n) is 8.76. The van der Waals surface area contributed by atoms with Crippen molar-refractivity contribution < 1.29 is 14.3 Å². The van der Waals surface area contributed by atoms with Gasteiger partial charge in [0.25, 0.3) is 5.91 Å². The molecule has 148 valence electrons. The Balaban J connectivity index is 1.85. The molecule has 0 saturated carbocycles. The van der Waals surface area contributed by atoms with Crippen LogP contribution in [0, 0.1) is 5.92 Å². The molecular formula is C20H20Br2N2O3S. The minimum absolute atomic E-state index is 0.327. The Hall–Kier alpha value is -1.64. The van der Waals surface area contributed by atoms with Gasteiger partial charge in [0.1, 0.15) is 10.8 Å². The molecule has 2 amide bonds. The third kappa shape index (κ3) is 4.50. The standard InChI is InChI=1S/C20H20Br2N2O3S/c1-10-3-5-13-15(7-10)28-20(17(13)19(23)26)24-16(25)6-4-11-8-12(21)9-14(22)18(11)27-2/h4,6,8-10H,3,5,7H2,1-2H3,(H2,23,26)(H,24,25)/b6-4+/t10-/m1/s1. The number of nitrogens with one attached hydrogen (secondary N) is 1. The van der Waals surface area contributed by atoms with Crippen LogP contribution in [0.25, 0.3) is 6.08 Å². The number of hydrogen-bond donors (Lipinski definition) is 2. The molecule has 0 fully saturated rings. The lowest BCUT2D eigenvalue weighted by Gasteiger charge is -2.18. The van der Waals surface area contributed by atoms with Crippen molar-refractivity contribution in [3.05, 3.63) is 48.7 Å². The smallest absolute Gasteiger partial charge is 0.251 e. The summed E-state index contributed by atoms with van der Waals surface area (Å²) in [7, 11) is 1.57. The molecule has 2 aromatic rings. The molecule has 8 heteroatoms. The number of benzene rings is 1. The van der Waals surface area contributed by atoms with E-state index in [4.69, 9.17) is 10.5 Å². The second kappa shape index (κ2) is 8.80. The maximum atomic E-state index is 12.5. The number of nitrogens with two attached hydrogens (primary N) is 1. The number of rotatable bonds is 5. The van der Waals surface area contributed by atoms with E-state index in [0.29, 0.717) is 22.2 Å². The van der Waals surface area contributed by atoms with Crippen molar-refractivity contribution in [2.45, 2.75) is 26.2 Å². The fourth-order valence-corrected chi connectivity index (χ4v) is 6.18. The molecule has 3 N–H and O–H groups in total. The summed E-state index contributed by atoms with van der Waals surface area (Å²) in [5.74, 6) is 0.375. The van der Waals surface area contributed by atoms with Crippen molar-refractivity contribution in [3.63, 3.8) is 0 Å². The summed E-state index contributed by atoms with van der Waals surface area (Å²) < 4.78 is 7.02. The van der Waals surface area contributed by atoms with Crippen LogP contribution in [0.2, 0.25) is 0 Å². The number of hydrogen-bond acceptors (Lipinski definition) is 4. The highest BCUT2D eigenvalue weighted by Gasteiger charge is 2.26. The second-order valence-electron chi connectivity index (χ2n) is 6.75. The molecule has 1 aromatic carbocycles. The highest BCUT2D eigenvalue weighted by atomic mass is 79.9. The van der Waals surface area contributed by atoms with Crippen molar-refractivity contribution in [2.75, 3.05) is 12.4 Å². The van der Waals surface area contributed by atoms with Crippen molar-refractivity contribution in [1.29, 1.82) is 0 Å². The Morgan fingerprint density at radius 3 is 2.79 bits per heavy atom. The zero-order valence-corrected chi connectivity index (χ0v) is 19.5. The zero-order valence-electron chi connectivity index (χ0n) is 15.5. The van der Waals surface area contributed by atoms with Crippen LogP contribution in [0.3, 0.4) is 0 Å². The topological polar surface area (TPSA) is 81.4 Å². The lowest BCUT2D eigenvalue weighted by Crippen LogP contribution is -2.18. The predicted molar refractivity (Wildman–Crippen MR) is 120 cm³/mol. The average molecular weight is 528 g/mol. The van der Waals surface area contributed by atoms with Crippen LogP contribution >= 0.6 is 43.2 Å². The molecule has 3 rings (SSSR count). The zero-order chi connectivity index (χ0) is 20.4. The summed E-state index contributed by atoms with van der Waals surface area (Å²) in [5.41, 5.74) is 7.79. The maximum absolute atomic E-state index is 12.5. The summed E-state index contributed by atoms with van der Waals surface area (Å²) in [6.07, 6.45) is 5.84. The first kappa shape index (κ1) is 21.1. The van der Waals surface area contributed by atoms with Gasteiger partial charge in [-0.15, -0.1) is 11.3 Å². The molecule has 0 saturated heterocycles. The number of amides is 2. The van der Waals surface area contributed by atoms with Crippen LogP contribution in [0.1, 0.15) is 39.7 Å². The van der Waals surface area contributed by atoms with Crippen molar-refractivity contribution >= 4 is 66.1 Å². The van der Waals surface area contributed by atoms with Crippen LogP contribution in [0.15, 0.2) is 27.2 Å². The molecule has 1 atom stereocenters. The lowest BCUT2D eigenvalue weighted by atomic mass is 9.88. The van der Waals surface area contributed by atoms with Gasteiger partial charge in [0.05, 0.1) is 17.1 Å². The first-order chi connectivity index (χ1) is 13.3. The SMILES string of the molecule is COc1c(Br)cc(Br)cc1/C=C/C(=O)Nc1sc2c(c1C(N)=O)CC[C@@H](C)C2. The van der Waals surface area contributed by atoms with Gasteiger partial charge in [0.2, 0.25) is 5.91 Å². The highest BCUT2D eigenvalue weighted by Crippen LogP contribution is 2.39. The molecule has 5 nitrogen and oxygen atoms in total. The van der Waals surface area contributed by atoms with E-state index >= 15 is 0 Å². The quantitative estimate of drug-likeness (QED) is 0.527. The highest BCUT2D eigenvalue weighted by molar-refractivity contribution is 9.11. The normalized spacial score (nSPS) is 16.1. The summed E-state index contributed by atoms with van der Waals surface area (Å²) in [6.45, 7) is 2.19. The van der Waals surface area contributed by atoms with Gasteiger partial charge in [-0.1, -0.05) is 22.9 Å². The monoisotopic (exact) mass is 526 g/mol. The largest absolute Gasteiger partial charge is 0.495 e. The van der Waals surface area contributed by atoms with Gasteiger partial charge in [0, 0.05) is 21.0 Å². The number of halogens is 2. The minimum Gasteiger partial charge on any atom is -0.495 e. The molecule has 0 spiro atoms. The fraction of sp³-hybridized carbons (Fsp3) is 0.300. The van der Waals surface area contributed by atoms with Gasteiger partial charge >= 0.3 is 0 Å². The van der Waals surface area contributed by atoms with Gasteiger partial charge in [0.15, 0.2) is 0 Å². The number of anilines is 1. The van der Waals surface area contributed by atoms with E-state index in [1.165, 1.54) is 17.4 Å². The van der Waals surface area contributed by atoms with E-state index in [2.05, 4.69) is 44.1 Å². The molecule has 0 unspecified atom stereocenters. The number of fused-ring (bicyclic) bond motifs is 1. The molecule has 1 aliphatic rings. The molecule has 0 bridgehead atoms. The summed E-state index contributed by atoms with van der Waals surface area (Å²) in [6, 6.07) is 3.72. The van der Waals surface area contributed by atoms with E-state index in [0.717, 1.165) is 44.2 Å². The number of carbonyl (C=O) groups excluding carboxylic acids is 2. The van der Waals surface area contributed by atoms with Gasteiger partial charge in [-0.2, -0.15) is 0 Å². The summed E-state index contributed by atoms with van der Waals surface area (Å²) in [4.78, 5) is 25.6. The van der Waals surface area contributed by atoms with Crippen LogP contribution in [-0.2, 0) is 17.6 Å². The van der Waals surface area contributed by atoms with Gasteiger partial charge < -0.3 is 15.8 Å². The van der Waals surface area contributed by atoms with Crippen molar-refractivity contribution in [1.82, 2.24) is 0 Å². The third-order valence-corrected chi connectivity index (χ3v) is 6.87. The van der Waals surface area contributed by atoms with Gasteiger partial charge in [-0.3, -0.25) is 9.59 Å². The Morgan fingerprint density at radius 2 is 2.11 bits per heavy atom. The molecule has 1 heterocycles. The van der Waals surface area contributed by atoms with E-state index in [9.17, 15) is 9.59 Å². The van der Waals surface area contributed by atoms with E-state index < -0.39 is 5.91 Å². The Labute approximate surface area is 184 Å². The molecule has 1 aromatic heterocycles. The van der Waals surface area contributed by atoms with E-state index in [1.54, 1.807) is 13.2 Å². The number of ether oxygens (including phenoxy) is 1. The van der Waals surface area contributed by atoms with Crippen molar-refractivity contribution in [2.24, 2.45) is 11.7 Å². The number of thiophene rings is 1. The second-order valence-corrected chi connectivity index (χ2v) is 9.63. The minimum atomic E-state index is -0.496. The number of carbonyl (C=O) groups is 2. The Morgan fingerprint density at radius 1 is 1.36 bits per heavy atom. The van der Waals surface area contributed by atoms with Crippen LogP contribution < -0.4 is 15.8 Å². The fourth-order valence-electron chi connectivity index (χ4n) is 3.34. The van der Waals surface area contributed by atoms with Crippen LogP contribution in [-0.4, -0.2) is 18.9 Å². The molecule has 28 heavy (non-hydrogen) atoms. The Kier molecular flexibility index (Phi) is 6.62. The molecule has 0 radical (unpaired) electrons. The van der Waals surface area contributed by atoms with E-state index in [-0.39, 0.29) is 5.91 Å². The van der Waals surface area contributed by atoms with Crippen LogP contribution in [0.5, 0.6) is 5.75 Å². The molecule has 1 aliphatic carbocycles. The maximum Gasteiger partial charge on any atom is 0.251 e. The first-order valence-corrected chi connectivity index (χ1v) is 11.2. The van der Waals surface area contributed by atoms with Gasteiger partial charge in [-0.05, 0) is 64.9 Å². The van der Waals surface area contributed by atoms with Crippen molar-refractivity contribution in [3.8, 4) is 5.75 Å². The van der Waals surface area contributed by atoms with E-state index in [1.807, 2.05) is 12.1 Å². The summed E-state index contributed by atoms with van der Waals surface area (Å²) >= 11 is 8.32. The molecular weight excluding hydrogens is 508 g/mol. The third-order valence-electron chi connectivity index (χ3n) is 4.65. The Bertz CT molecular complexity index is 969. The number of methoxy groups -OCH3 is 1. The lowest BCUT2D eigenvalue weighted by molar-refractivity contribution is -0.111. The molecule has 0 aliphatic heterocycles. The average Bonchev–Trinajstić information content (AvgIpc) is 2.96. The summed E-state index contributed by atoms with van der Waals surface area (Å²) in [5, 5.41) is 3.36.